The van der Waals surface area contributed by atoms with E-state index in [4.69, 9.17) is 14.2 Å². The van der Waals surface area contributed by atoms with Crippen LogP contribution < -0.4 is 24.2 Å². The molecule has 0 aromatic heterocycles. The molecule has 1 fully saturated rings. The molecule has 2 aliphatic rings. The number of likely N-dealkylation sites (tertiary alicyclic amines) is 1. The first-order valence-corrected chi connectivity index (χ1v) is 10.4. The maximum absolute atomic E-state index is 13.0. The van der Waals surface area contributed by atoms with Gasteiger partial charge in [-0.1, -0.05) is 11.8 Å². The summed E-state index contributed by atoms with van der Waals surface area (Å²) in [5.41, 5.74) is 1.75. The van der Waals surface area contributed by atoms with E-state index in [0.29, 0.717) is 46.5 Å². The van der Waals surface area contributed by atoms with Crippen molar-refractivity contribution in [2.75, 3.05) is 20.8 Å². The summed E-state index contributed by atoms with van der Waals surface area (Å²) in [6.07, 6.45) is 5.20. The molecule has 0 amide bonds. The van der Waals surface area contributed by atoms with Gasteiger partial charge in [-0.2, -0.15) is 0 Å². The second-order valence-electron chi connectivity index (χ2n) is 7.95. The van der Waals surface area contributed by atoms with Crippen LogP contribution >= 0.6 is 0 Å². The molecule has 0 saturated carbocycles. The fraction of sp³-hybridized carbons (Fsp3) is 0.375. The summed E-state index contributed by atoms with van der Waals surface area (Å²) in [7, 11) is 3.15. The summed E-state index contributed by atoms with van der Waals surface area (Å²) in [4.78, 5) is 14.3. The van der Waals surface area contributed by atoms with E-state index in [1.165, 1.54) is 17.4 Å². The van der Waals surface area contributed by atoms with Crippen molar-refractivity contribution >= 4 is 11.9 Å². The summed E-state index contributed by atoms with van der Waals surface area (Å²) in [6, 6.07) is 8.91. The molecular weight excluding hydrogens is 382 g/mol. The fourth-order valence-corrected chi connectivity index (χ4v) is 4.28. The van der Waals surface area contributed by atoms with Gasteiger partial charge in [0.25, 0.3) is 0 Å². The molecule has 0 bridgehead atoms. The minimum Gasteiger partial charge on any atom is -0.872 e. The fourth-order valence-electron chi connectivity index (χ4n) is 4.28. The van der Waals surface area contributed by atoms with Gasteiger partial charge < -0.3 is 24.2 Å². The molecule has 0 aliphatic carbocycles. The van der Waals surface area contributed by atoms with Crippen LogP contribution in [0.1, 0.15) is 47.7 Å². The highest BCUT2D eigenvalue weighted by atomic mass is 16.5. The molecule has 30 heavy (non-hydrogen) atoms. The highest BCUT2D eigenvalue weighted by molar-refractivity contribution is 6.15. The third kappa shape index (κ3) is 3.75. The lowest BCUT2D eigenvalue weighted by molar-refractivity contribution is -0.942. The Balaban J connectivity index is 1.67. The molecule has 2 aromatic rings. The Morgan fingerprint density at radius 2 is 2.03 bits per heavy atom. The standard InChI is InChI=1S/C24H27NO5/c1-15-6-4-5-11-25(15)14-19-20(26)10-9-18-23(27)22(30-24(18)19)12-16-7-8-17(28-2)13-21(16)29-3/h7-10,12-13,15,26H,4-6,11,14H2,1-3H3. The van der Waals surface area contributed by atoms with E-state index in [-0.39, 0.29) is 17.3 Å². The number of carbonyl (C=O) groups is 1. The van der Waals surface area contributed by atoms with Gasteiger partial charge >= 0.3 is 0 Å². The average molecular weight is 409 g/mol. The normalized spacial score (nSPS) is 22.0. The number of hydrogen-bond donors (Lipinski definition) is 1. The molecule has 1 N–H and O–H groups in total. The van der Waals surface area contributed by atoms with Crippen LogP contribution in [0.3, 0.4) is 0 Å². The number of allylic oxidation sites excluding steroid dienone is 1. The quantitative estimate of drug-likeness (QED) is 0.768. The molecular formula is C24H27NO5. The second kappa shape index (κ2) is 8.40. The number of benzene rings is 2. The first-order valence-electron chi connectivity index (χ1n) is 10.4. The van der Waals surface area contributed by atoms with Crippen molar-refractivity contribution < 1.29 is 29.0 Å². The van der Waals surface area contributed by atoms with E-state index in [1.54, 1.807) is 38.5 Å². The lowest BCUT2D eigenvalue weighted by Crippen LogP contribution is -3.14. The number of Topliss-reactive ketones (excluding diaryl/α,β-unsaturated/α-hetero) is 1. The Bertz CT molecular complexity index is 997. The summed E-state index contributed by atoms with van der Waals surface area (Å²) in [6.45, 7) is 3.83. The Hall–Kier alpha value is -2.99. The molecule has 2 atom stereocenters. The van der Waals surface area contributed by atoms with E-state index in [1.807, 2.05) is 6.07 Å². The summed E-state index contributed by atoms with van der Waals surface area (Å²) in [5.74, 6) is 1.55. The van der Waals surface area contributed by atoms with Gasteiger partial charge in [-0.25, -0.2) is 0 Å². The van der Waals surface area contributed by atoms with Crippen molar-refractivity contribution in [1.82, 2.24) is 0 Å². The lowest BCUT2D eigenvalue weighted by atomic mass is 10.0. The molecule has 4 rings (SSSR count). The van der Waals surface area contributed by atoms with Gasteiger partial charge in [-0.15, -0.1) is 0 Å². The maximum atomic E-state index is 13.0. The average Bonchev–Trinajstić information content (AvgIpc) is 3.07. The molecule has 0 radical (unpaired) electrons. The summed E-state index contributed by atoms with van der Waals surface area (Å²) in [5, 5.41) is 12.6. The Morgan fingerprint density at radius 1 is 1.20 bits per heavy atom. The minimum absolute atomic E-state index is 0.0740. The third-order valence-electron chi connectivity index (χ3n) is 6.11. The number of quaternary nitrogens is 1. The van der Waals surface area contributed by atoms with Gasteiger partial charge in [0, 0.05) is 17.2 Å². The van der Waals surface area contributed by atoms with Gasteiger partial charge in [0.15, 0.2) is 5.76 Å². The lowest BCUT2D eigenvalue weighted by Gasteiger charge is -2.31. The van der Waals surface area contributed by atoms with Crippen LogP contribution in [-0.4, -0.2) is 32.6 Å². The molecule has 2 unspecified atom stereocenters. The molecule has 2 heterocycles. The molecule has 158 valence electrons. The summed E-state index contributed by atoms with van der Waals surface area (Å²) >= 11 is 0. The van der Waals surface area contributed by atoms with Crippen LogP contribution in [0, 0.1) is 0 Å². The van der Waals surface area contributed by atoms with Crippen molar-refractivity contribution in [2.45, 2.75) is 38.8 Å². The van der Waals surface area contributed by atoms with Crippen molar-refractivity contribution in [3.63, 3.8) is 0 Å². The Labute approximate surface area is 176 Å². The predicted molar refractivity (Wildman–Crippen MR) is 111 cm³/mol. The number of rotatable bonds is 5. The van der Waals surface area contributed by atoms with Crippen molar-refractivity contribution in [2.24, 2.45) is 0 Å². The highest BCUT2D eigenvalue weighted by Crippen LogP contribution is 2.39. The number of hydrogen-bond acceptors (Lipinski definition) is 5. The zero-order valence-corrected chi connectivity index (χ0v) is 17.6. The Morgan fingerprint density at radius 3 is 2.77 bits per heavy atom. The second-order valence-corrected chi connectivity index (χ2v) is 7.95. The zero-order chi connectivity index (χ0) is 21.3. The highest BCUT2D eigenvalue weighted by Gasteiger charge is 2.32. The number of ketones is 1. The van der Waals surface area contributed by atoms with Gasteiger partial charge in [0.1, 0.15) is 23.8 Å². The summed E-state index contributed by atoms with van der Waals surface area (Å²) < 4.78 is 16.6. The zero-order valence-electron chi connectivity index (χ0n) is 17.6. The Kier molecular flexibility index (Phi) is 5.68. The number of nitrogens with one attached hydrogen (secondary N) is 1. The topological polar surface area (TPSA) is 72.3 Å². The molecule has 1 saturated heterocycles. The molecule has 0 spiro atoms. The van der Waals surface area contributed by atoms with Crippen LogP contribution in [0.2, 0.25) is 0 Å². The van der Waals surface area contributed by atoms with E-state index in [2.05, 4.69) is 6.92 Å². The van der Waals surface area contributed by atoms with Crippen LogP contribution in [0.4, 0.5) is 0 Å². The number of ether oxygens (including phenoxy) is 3. The smallest absolute Gasteiger partial charge is 0.231 e. The number of fused-ring (bicyclic) bond motifs is 1. The first kappa shape index (κ1) is 20.3. The van der Waals surface area contributed by atoms with Gasteiger partial charge in [-0.05, 0) is 50.5 Å². The van der Waals surface area contributed by atoms with Crippen molar-refractivity contribution in [3.8, 4) is 23.0 Å². The third-order valence-corrected chi connectivity index (χ3v) is 6.11. The van der Waals surface area contributed by atoms with Gasteiger partial charge in [0.05, 0.1) is 32.4 Å². The van der Waals surface area contributed by atoms with Gasteiger partial charge in [-0.3, -0.25) is 4.79 Å². The monoisotopic (exact) mass is 409 g/mol. The molecule has 2 aliphatic heterocycles. The van der Waals surface area contributed by atoms with E-state index in [9.17, 15) is 9.90 Å². The van der Waals surface area contributed by atoms with Crippen LogP contribution in [0.5, 0.6) is 23.0 Å². The first-order chi connectivity index (χ1) is 14.5. The van der Waals surface area contributed by atoms with Crippen molar-refractivity contribution in [1.29, 1.82) is 0 Å². The number of methoxy groups -OCH3 is 2. The van der Waals surface area contributed by atoms with Crippen LogP contribution in [0.25, 0.3) is 6.08 Å². The van der Waals surface area contributed by atoms with Gasteiger partial charge in [0.2, 0.25) is 5.78 Å². The van der Waals surface area contributed by atoms with E-state index < -0.39 is 0 Å². The van der Waals surface area contributed by atoms with Crippen molar-refractivity contribution in [3.05, 3.63) is 52.8 Å². The van der Waals surface area contributed by atoms with E-state index >= 15 is 0 Å². The SMILES string of the molecule is COc1ccc(C=C2Oc3c(ccc([O-])c3C[NH+]3CCCCC3C)C2=O)c(OC)c1. The minimum atomic E-state index is -0.217. The van der Waals surface area contributed by atoms with E-state index in [0.717, 1.165) is 19.4 Å². The molecule has 6 nitrogen and oxygen atoms in total. The number of piperidine rings is 1. The molecule has 2 aromatic carbocycles. The number of carbonyl (C=O) groups excluding carboxylic acids is 1. The largest absolute Gasteiger partial charge is 0.872 e. The predicted octanol–water partition coefficient (Wildman–Crippen LogP) is 2.35. The van der Waals surface area contributed by atoms with Crippen LogP contribution in [-0.2, 0) is 6.54 Å². The van der Waals surface area contributed by atoms with Crippen LogP contribution in [0.15, 0.2) is 36.1 Å². The maximum Gasteiger partial charge on any atom is 0.231 e. The molecule has 6 heteroatoms.